The summed E-state index contributed by atoms with van der Waals surface area (Å²) in [5.41, 5.74) is -1.28. The van der Waals surface area contributed by atoms with Gasteiger partial charge in [-0.15, -0.1) is 0 Å². The van der Waals surface area contributed by atoms with Crippen LogP contribution in [0.4, 0.5) is 0 Å². The first kappa shape index (κ1) is 22.9. The Hall–Kier alpha value is -2.29. The highest BCUT2D eigenvalue weighted by Crippen LogP contribution is 2.54. The van der Waals surface area contributed by atoms with Gasteiger partial charge in [0.25, 0.3) is 0 Å². The van der Waals surface area contributed by atoms with Gasteiger partial charge in [-0.05, 0) is 19.3 Å². The number of benzene rings is 1. The zero-order chi connectivity index (χ0) is 22.9. The molecular formula is C23H27ClO8. The highest BCUT2D eigenvalue weighted by molar-refractivity contribution is 6.35. The molecule has 1 aromatic carbocycles. The van der Waals surface area contributed by atoms with E-state index in [0.29, 0.717) is 19.0 Å². The van der Waals surface area contributed by atoms with Crippen molar-refractivity contribution in [3.05, 3.63) is 28.5 Å². The number of carbonyl (C=O) groups is 2. The Bertz CT molecular complexity index is 936. The number of carbonyl (C=O) groups excluding carboxylic acids is 2. The van der Waals surface area contributed by atoms with E-state index in [1.165, 1.54) is 20.3 Å². The molecule has 2 aliphatic heterocycles. The van der Waals surface area contributed by atoms with Crippen LogP contribution in [-0.2, 0) is 19.0 Å². The first-order valence-electron chi connectivity index (χ1n) is 10.7. The summed E-state index contributed by atoms with van der Waals surface area (Å²) < 4.78 is 34.2. The molecule has 1 aromatic rings. The van der Waals surface area contributed by atoms with Gasteiger partial charge in [0.1, 0.15) is 28.7 Å². The molecule has 0 saturated carbocycles. The molecule has 174 valence electrons. The molecule has 1 fully saturated rings. The van der Waals surface area contributed by atoms with Crippen molar-refractivity contribution in [2.45, 2.75) is 44.5 Å². The number of rotatable bonds is 7. The number of ether oxygens (including phenoxy) is 6. The van der Waals surface area contributed by atoms with Crippen molar-refractivity contribution in [3.63, 3.8) is 0 Å². The summed E-state index contributed by atoms with van der Waals surface area (Å²) >= 11 is 6.50. The molecule has 0 aromatic heterocycles. The standard InChI is InChI=1S/C23H27ClO8/c1-13-10-14(25)11-17(28-3)23(13)22(26)19-15(12-16(27-2)20(24)21(19)32-23)29-8-9-31-18-6-4-5-7-30-18/h11-13,18H,4-10H2,1-3H3/t13-,18?,23?/m1/s1. The van der Waals surface area contributed by atoms with Crippen LogP contribution in [-0.4, -0.2) is 57.5 Å². The second kappa shape index (κ2) is 9.29. The van der Waals surface area contributed by atoms with Gasteiger partial charge in [-0.25, -0.2) is 0 Å². The Morgan fingerprint density at radius 2 is 1.97 bits per heavy atom. The third kappa shape index (κ3) is 3.84. The Kier molecular flexibility index (Phi) is 6.65. The van der Waals surface area contributed by atoms with E-state index in [-0.39, 0.29) is 58.7 Å². The average Bonchev–Trinajstić information content (AvgIpc) is 3.10. The quantitative estimate of drug-likeness (QED) is 0.561. The molecule has 0 N–H and O–H groups in total. The Balaban J connectivity index is 1.62. The van der Waals surface area contributed by atoms with Crippen LogP contribution in [0.5, 0.6) is 17.2 Å². The van der Waals surface area contributed by atoms with E-state index in [2.05, 4.69) is 0 Å². The van der Waals surface area contributed by atoms with E-state index >= 15 is 0 Å². The summed E-state index contributed by atoms with van der Waals surface area (Å²) in [6, 6.07) is 1.56. The average molecular weight is 467 g/mol. The van der Waals surface area contributed by atoms with Crippen LogP contribution in [0.3, 0.4) is 0 Å². The maximum Gasteiger partial charge on any atom is 0.231 e. The van der Waals surface area contributed by atoms with Crippen LogP contribution in [0.1, 0.15) is 43.0 Å². The number of methoxy groups -OCH3 is 2. The summed E-state index contributed by atoms with van der Waals surface area (Å²) in [5, 5.41) is 0.159. The number of allylic oxidation sites excluding steroid dienone is 1. The Labute approximate surface area is 191 Å². The van der Waals surface area contributed by atoms with Gasteiger partial charge in [0.15, 0.2) is 23.6 Å². The van der Waals surface area contributed by atoms with E-state index in [9.17, 15) is 9.59 Å². The fraction of sp³-hybridized carbons (Fsp3) is 0.565. The molecule has 1 aliphatic carbocycles. The zero-order valence-electron chi connectivity index (χ0n) is 18.4. The monoisotopic (exact) mass is 466 g/mol. The predicted molar refractivity (Wildman–Crippen MR) is 115 cm³/mol. The molecular weight excluding hydrogens is 440 g/mol. The topological polar surface area (TPSA) is 89.5 Å². The molecule has 0 bridgehead atoms. The lowest BCUT2D eigenvalue weighted by Gasteiger charge is -2.36. The van der Waals surface area contributed by atoms with Crippen LogP contribution in [0, 0.1) is 5.92 Å². The predicted octanol–water partition coefficient (Wildman–Crippen LogP) is 3.72. The van der Waals surface area contributed by atoms with Crippen molar-refractivity contribution in [1.29, 1.82) is 0 Å². The molecule has 0 radical (unpaired) electrons. The number of Topliss-reactive ketones (excluding diaryl/α,β-unsaturated/α-hetero) is 1. The van der Waals surface area contributed by atoms with Crippen molar-refractivity contribution in [2.24, 2.45) is 5.92 Å². The lowest BCUT2D eigenvalue weighted by atomic mass is 9.75. The molecule has 2 unspecified atom stereocenters. The summed E-state index contributed by atoms with van der Waals surface area (Å²) in [7, 11) is 2.87. The Morgan fingerprint density at radius 1 is 1.16 bits per heavy atom. The SMILES string of the molecule is COC1=CC(=O)C[C@@H](C)C12Oc1c(Cl)c(OC)cc(OCCOC3CCCCO3)c1C2=O. The van der Waals surface area contributed by atoms with Crippen molar-refractivity contribution < 1.29 is 38.0 Å². The molecule has 8 nitrogen and oxygen atoms in total. The van der Waals surface area contributed by atoms with E-state index in [1.807, 2.05) is 0 Å². The number of hydrogen-bond donors (Lipinski definition) is 0. The maximum absolute atomic E-state index is 13.7. The fourth-order valence-electron chi connectivity index (χ4n) is 4.43. The maximum atomic E-state index is 13.7. The van der Waals surface area contributed by atoms with Gasteiger partial charge >= 0.3 is 0 Å². The van der Waals surface area contributed by atoms with Crippen LogP contribution < -0.4 is 14.2 Å². The third-order valence-electron chi connectivity index (χ3n) is 6.06. The second-order valence-corrected chi connectivity index (χ2v) is 8.44. The molecule has 9 heteroatoms. The van der Waals surface area contributed by atoms with E-state index in [4.69, 9.17) is 40.0 Å². The number of ketones is 2. The third-order valence-corrected chi connectivity index (χ3v) is 6.42. The number of halogens is 1. The fourth-order valence-corrected chi connectivity index (χ4v) is 4.69. The first-order chi connectivity index (χ1) is 15.4. The minimum Gasteiger partial charge on any atom is -0.496 e. The van der Waals surface area contributed by atoms with Gasteiger partial charge in [0.2, 0.25) is 11.4 Å². The van der Waals surface area contributed by atoms with E-state index in [0.717, 1.165) is 19.3 Å². The van der Waals surface area contributed by atoms with Gasteiger partial charge in [0, 0.05) is 31.1 Å². The van der Waals surface area contributed by atoms with Crippen LogP contribution in [0.2, 0.25) is 5.02 Å². The molecule has 3 atom stereocenters. The van der Waals surface area contributed by atoms with Crippen LogP contribution >= 0.6 is 11.6 Å². The van der Waals surface area contributed by atoms with Gasteiger partial charge < -0.3 is 28.4 Å². The van der Waals surface area contributed by atoms with Crippen molar-refractivity contribution in [1.82, 2.24) is 0 Å². The van der Waals surface area contributed by atoms with Gasteiger partial charge in [-0.3, -0.25) is 9.59 Å². The summed E-state index contributed by atoms with van der Waals surface area (Å²) in [5.74, 6) is -0.0594. The molecule has 32 heavy (non-hydrogen) atoms. The Morgan fingerprint density at radius 3 is 2.66 bits per heavy atom. The van der Waals surface area contributed by atoms with Crippen LogP contribution in [0.25, 0.3) is 0 Å². The summed E-state index contributed by atoms with van der Waals surface area (Å²) in [4.78, 5) is 25.8. The van der Waals surface area contributed by atoms with E-state index < -0.39 is 11.5 Å². The molecule has 4 rings (SSSR count). The summed E-state index contributed by atoms with van der Waals surface area (Å²) in [6.45, 7) is 2.95. The lowest BCUT2D eigenvalue weighted by molar-refractivity contribution is -0.165. The van der Waals surface area contributed by atoms with Crippen molar-refractivity contribution >= 4 is 23.2 Å². The normalized spacial score (nSPS) is 27.1. The van der Waals surface area contributed by atoms with Gasteiger partial charge in [-0.1, -0.05) is 18.5 Å². The molecule has 2 heterocycles. The smallest absolute Gasteiger partial charge is 0.231 e. The lowest BCUT2D eigenvalue weighted by Crippen LogP contribution is -2.51. The molecule has 0 amide bonds. The van der Waals surface area contributed by atoms with Gasteiger partial charge in [-0.2, -0.15) is 0 Å². The zero-order valence-corrected chi connectivity index (χ0v) is 19.2. The van der Waals surface area contributed by atoms with Crippen molar-refractivity contribution in [3.8, 4) is 17.2 Å². The largest absolute Gasteiger partial charge is 0.496 e. The van der Waals surface area contributed by atoms with Crippen LogP contribution in [0.15, 0.2) is 17.9 Å². The highest BCUT2D eigenvalue weighted by atomic mass is 35.5. The molecule has 3 aliphatic rings. The van der Waals surface area contributed by atoms with E-state index in [1.54, 1.807) is 13.0 Å². The minimum atomic E-state index is -1.48. The molecule has 1 saturated heterocycles. The second-order valence-electron chi connectivity index (χ2n) is 8.06. The number of hydrogen-bond acceptors (Lipinski definition) is 8. The summed E-state index contributed by atoms with van der Waals surface area (Å²) in [6.07, 6.45) is 4.18. The first-order valence-corrected chi connectivity index (χ1v) is 11.1. The minimum absolute atomic E-state index is 0.130. The number of fused-ring (bicyclic) bond motifs is 1. The van der Waals surface area contributed by atoms with Gasteiger partial charge in [0.05, 0.1) is 20.8 Å². The molecule has 1 spiro atoms. The van der Waals surface area contributed by atoms with Crippen molar-refractivity contribution in [2.75, 3.05) is 34.0 Å². The highest BCUT2D eigenvalue weighted by Gasteiger charge is 2.59.